The van der Waals surface area contributed by atoms with Crippen molar-refractivity contribution in [2.45, 2.75) is 26.7 Å². The quantitative estimate of drug-likeness (QED) is 0.314. The lowest BCUT2D eigenvalue weighted by atomic mass is 9.79. The zero-order valence-corrected chi connectivity index (χ0v) is 20.3. The Kier molecular flexibility index (Phi) is 6.91. The van der Waals surface area contributed by atoms with Crippen LogP contribution in [0.5, 0.6) is 0 Å². The molecule has 3 aromatic rings. The predicted molar refractivity (Wildman–Crippen MR) is 131 cm³/mol. The molecule has 0 fully saturated rings. The molecule has 0 aliphatic carbocycles. The summed E-state index contributed by atoms with van der Waals surface area (Å²) >= 11 is 0. The zero-order chi connectivity index (χ0) is 26.0. The second-order valence-corrected chi connectivity index (χ2v) is 8.13. The first-order chi connectivity index (χ1) is 17.3. The highest BCUT2D eigenvalue weighted by molar-refractivity contribution is 6.02. The number of para-hydroxylation sites is 2. The molecule has 2 aromatic carbocycles. The van der Waals surface area contributed by atoms with E-state index in [1.165, 1.54) is 14.0 Å². The standard InChI is InChI=1S/C27H25NO8/c1-5-34-27(32)23-19(13-35-15(3)29)28-14(2)21(26(31)33-4)22(23)17-10-8-11-18-24(30)16-9-6-7-12-20(16)36-25(17)18/h6-12,22,28H,5,13H2,1-4H3. The Hall–Kier alpha value is -4.40. The van der Waals surface area contributed by atoms with Gasteiger partial charge in [0.05, 0.1) is 47.3 Å². The van der Waals surface area contributed by atoms with E-state index >= 15 is 0 Å². The van der Waals surface area contributed by atoms with Gasteiger partial charge in [-0.2, -0.15) is 0 Å². The normalized spacial score (nSPS) is 15.6. The number of esters is 3. The molecule has 0 saturated heterocycles. The van der Waals surface area contributed by atoms with E-state index in [1.54, 1.807) is 56.3 Å². The monoisotopic (exact) mass is 491 g/mol. The first-order valence-electron chi connectivity index (χ1n) is 11.3. The summed E-state index contributed by atoms with van der Waals surface area (Å²) in [5.74, 6) is -2.98. The SMILES string of the molecule is CCOC(=O)C1=C(COC(C)=O)NC(C)=C(C(=O)OC)C1c1cccc2c(=O)c3ccccc3oc12. The number of nitrogens with one attached hydrogen (secondary N) is 1. The highest BCUT2D eigenvalue weighted by Crippen LogP contribution is 2.42. The minimum absolute atomic E-state index is 0.0485. The van der Waals surface area contributed by atoms with Crippen molar-refractivity contribution in [1.29, 1.82) is 0 Å². The molecule has 1 unspecified atom stereocenters. The summed E-state index contributed by atoms with van der Waals surface area (Å²) in [6.07, 6.45) is 0. The molecular formula is C27H25NO8. The van der Waals surface area contributed by atoms with Crippen LogP contribution in [0.2, 0.25) is 0 Å². The minimum Gasteiger partial charge on any atom is -0.466 e. The number of rotatable bonds is 6. The van der Waals surface area contributed by atoms with Crippen molar-refractivity contribution in [3.05, 3.63) is 80.8 Å². The predicted octanol–water partition coefficient (Wildman–Crippen LogP) is 3.46. The lowest BCUT2D eigenvalue weighted by Gasteiger charge is -2.31. The number of methoxy groups -OCH3 is 1. The fraction of sp³-hybridized carbons (Fsp3) is 0.259. The minimum atomic E-state index is -1.03. The van der Waals surface area contributed by atoms with Crippen molar-refractivity contribution >= 4 is 39.8 Å². The molecule has 9 heteroatoms. The second-order valence-electron chi connectivity index (χ2n) is 8.13. The summed E-state index contributed by atoms with van der Waals surface area (Å²) in [6.45, 7) is 4.36. The molecule has 0 saturated carbocycles. The van der Waals surface area contributed by atoms with E-state index in [4.69, 9.17) is 18.6 Å². The van der Waals surface area contributed by atoms with Gasteiger partial charge in [0.2, 0.25) is 5.43 Å². The first kappa shape index (κ1) is 24.7. The number of hydrogen-bond acceptors (Lipinski definition) is 9. The number of dihydropyridines is 1. The molecule has 186 valence electrons. The summed E-state index contributed by atoms with van der Waals surface area (Å²) in [4.78, 5) is 51.1. The lowest BCUT2D eigenvalue weighted by molar-refractivity contribution is -0.142. The van der Waals surface area contributed by atoms with Gasteiger partial charge in [-0.05, 0) is 32.0 Å². The maximum absolute atomic E-state index is 13.3. The number of ether oxygens (including phenoxy) is 3. The van der Waals surface area contributed by atoms with Crippen LogP contribution in [0.4, 0.5) is 0 Å². The molecule has 0 radical (unpaired) electrons. The van der Waals surface area contributed by atoms with Crippen LogP contribution in [-0.4, -0.2) is 38.2 Å². The van der Waals surface area contributed by atoms with Crippen LogP contribution in [0.3, 0.4) is 0 Å². The van der Waals surface area contributed by atoms with Crippen LogP contribution in [0.25, 0.3) is 21.9 Å². The number of fused-ring (bicyclic) bond motifs is 2. The third-order valence-corrected chi connectivity index (χ3v) is 5.91. The molecular weight excluding hydrogens is 466 g/mol. The van der Waals surface area contributed by atoms with Gasteiger partial charge in [-0.15, -0.1) is 0 Å². The highest BCUT2D eigenvalue weighted by atomic mass is 16.5. The molecule has 0 spiro atoms. The van der Waals surface area contributed by atoms with Crippen LogP contribution in [0, 0.1) is 0 Å². The Balaban J connectivity index is 2.07. The Labute approximate surface area is 206 Å². The number of carbonyl (C=O) groups is 3. The highest BCUT2D eigenvalue weighted by Gasteiger charge is 2.40. The molecule has 36 heavy (non-hydrogen) atoms. The van der Waals surface area contributed by atoms with Crippen molar-refractivity contribution in [3.63, 3.8) is 0 Å². The van der Waals surface area contributed by atoms with E-state index in [9.17, 15) is 19.2 Å². The lowest BCUT2D eigenvalue weighted by Crippen LogP contribution is -2.35. The van der Waals surface area contributed by atoms with Crippen molar-refractivity contribution in [3.8, 4) is 0 Å². The van der Waals surface area contributed by atoms with Gasteiger partial charge in [0.25, 0.3) is 0 Å². The maximum Gasteiger partial charge on any atom is 0.336 e. The Bertz CT molecular complexity index is 1510. The van der Waals surface area contributed by atoms with Gasteiger partial charge in [-0.25, -0.2) is 9.59 Å². The first-order valence-corrected chi connectivity index (χ1v) is 11.3. The van der Waals surface area contributed by atoms with Gasteiger partial charge in [-0.1, -0.05) is 24.3 Å². The Morgan fingerprint density at radius 2 is 1.69 bits per heavy atom. The molecule has 0 bridgehead atoms. The molecule has 4 rings (SSSR count). The van der Waals surface area contributed by atoms with Gasteiger partial charge in [0, 0.05) is 18.2 Å². The summed E-state index contributed by atoms with van der Waals surface area (Å²) in [6, 6.07) is 11.8. The summed E-state index contributed by atoms with van der Waals surface area (Å²) in [5, 5.41) is 3.70. The van der Waals surface area contributed by atoms with E-state index in [2.05, 4.69) is 5.32 Å². The average Bonchev–Trinajstić information content (AvgIpc) is 2.86. The van der Waals surface area contributed by atoms with Crippen molar-refractivity contribution in [2.24, 2.45) is 0 Å². The fourth-order valence-electron chi connectivity index (χ4n) is 4.40. The van der Waals surface area contributed by atoms with Gasteiger partial charge >= 0.3 is 17.9 Å². The summed E-state index contributed by atoms with van der Waals surface area (Å²) in [5.41, 5.74) is 1.54. The van der Waals surface area contributed by atoms with E-state index in [1.807, 2.05) is 0 Å². The third-order valence-electron chi connectivity index (χ3n) is 5.91. The maximum atomic E-state index is 13.3. The van der Waals surface area contributed by atoms with Crippen LogP contribution in [0.1, 0.15) is 32.3 Å². The summed E-state index contributed by atoms with van der Waals surface area (Å²) in [7, 11) is 1.23. The van der Waals surface area contributed by atoms with E-state index < -0.39 is 23.8 Å². The van der Waals surface area contributed by atoms with Crippen LogP contribution >= 0.6 is 0 Å². The summed E-state index contributed by atoms with van der Waals surface area (Å²) < 4.78 is 21.7. The zero-order valence-electron chi connectivity index (χ0n) is 20.3. The van der Waals surface area contributed by atoms with E-state index in [-0.39, 0.29) is 46.5 Å². The van der Waals surface area contributed by atoms with Gasteiger partial charge in [0.1, 0.15) is 17.8 Å². The molecule has 2 heterocycles. The number of carbonyl (C=O) groups excluding carboxylic acids is 3. The number of benzene rings is 2. The second kappa shape index (κ2) is 10.1. The average molecular weight is 491 g/mol. The van der Waals surface area contributed by atoms with Crippen molar-refractivity contribution < 1.29 is 33.0 Å². The van der Waals surface area contributed by atoms with Gasteiger partial charge in [-0.3, -0.25) is 9.59 Å². The van der Waals surface area contributed by atoms with Crippen molar-refractivity contribution in [2.75, 3.05) is 20.3 Å². The molecule has 0 amide bonds. The fourth-order valence-corrected chi connectivity index (χ4v) is 4.40. The van der Waals surface area contributed by atoms with Crippen LogP contribution in [0.15, 0.2) is 74.2 Å². The number of allylic oxidation sites excluding steroid dienone is 1. The van der Waals surface area contributed by atoms with Crippen LogP contribution < -0.4 is 10.7 Å². The molecule has 1 aliphatic heterocycles. The molecule has 1 aliphatic rings. The third kappa shape index (κ3) is 4.35. The van der Waals surface area contributed by atoms with E-state index in [0.717, 1.165) is 0 Å². The van der Waals surface area contributed by atoms with Gasteiger partial charge < -0.3 is 23.9 Å². The Morgan fingerprint density at radius 3 is 2.39 bits per heavy atom. The smallest absolute Gasteiger partial charge is 0.336 e. The molecule has 1 atom stereocenters. The molecule has 1 N–H and O–H groups in total. The largest absolute Gasteiger partial charge is 0.466 e. The molecule has 1 aromatic heterocycles. The molecule has 9 nitrogen and oxygen atoms in total. The van der Waals surface area contributed by atoms with E-state index in [0.29, 0.717) is 22.2 Å². The van der Waals surface area contributed by atoms with Crippen molar-refractivity contribution in [1.82, 2.24) is 5.32 Å². The number of hydrogen-bond donors (Lipinski definition) is 1. The topological polar surface area (TPSA) is 121 Å². The van der Waals surface area contributed by atoms with Crippen LogP contribution in [-0.2, 0) is 28.6 Å². The Morgan fingerprint density at radius 1 is 0.972 bits per heavy atom. The van der Waals surface area contributed by atoms with Gasteiger partial charge in [0.15, 0.2) is 0 Å².